The molecule has 0 atom stereocenters. The molecule has 3 nitrogen and oxygen atoms in total. The minimum absolute atomic E-state index is 0.0408. The maximum Gasteiger partial charge on any atom is 0.320 e. The van der Waals surface area contributed by atoms with Crippen molar-refractivity contribution >= 4 is 5.97 Å². The van der Waals surface area contributed by atoms with Crippen LogP contribution in [0, 0.1) is 0 Å². The Bertz CT molecular complexity index is 300. The van der Waals surface area contributed by atoms with E-state index in [9.17, 15) is 4.79 Å². The van der Waals surface area contributed by atoms with Crippen LogP contribution in [0.15, 0.2) is 0 Å². The zero-order valence-electron chi connectivity index (χ0n) is 19.6. The van der Waals surface area contributed by atoms with E-state index in [-0.39, 0.29) is 5.97 Å². The van der Waals surface area contributed by atoms with Crippen LogP contribution >= 0.6 is 0 Å². The van der Waals surface area contributed by atoms with Crippen molar-refractivity contribution in [3.63, 3.8) is 0 Å². The van der Waals surface area contributed by atoms with Crippen LogP contribution in [0.1, 0.15) is 130 Å². The number of esters is 1. The fourth-order valence-electron chi connectivity index (χ4n) is 3.65. The second-order valence-corrected chi connectivity index (χ2v) is 8.45. The summed E-state index contributed by atoms with van der Waals surface area (Å²) in [6, 6.07) is 0. The van der Waals surface area contributed by atoms with Crippen LogP contribution in [0.2, 0.25) is 0 Å². The Kier molecular flexibility index (Phi) is 22.3. The van der Waals surface area contributed by atoms with Gasteiger partial charge in [-0.2, -0.15) is 0 Å². The highest BCUT2D eigenvalue weighted by Gasteiger charge is 2.11. The number of hydrogen-bond donors (Lipinski definition) is 0. The second kappa shape index (κ2) is 22.7. The summed E-state index contributed by atoms with van der Waals surface area (Å²) in [4.78, 5) is 14.4. The highest BCUT2D eigenvalue weighted by Crippen LogP contribution is 2.11. The summed E-state index contributed by atoms with van der Waals surface area (Å²) in [7, 11) is 0. The predicted octanol–water partition coefficient (Wildman–Crippen LogP) is 7.52. The van der Waals surface area contributed by atoms with Gasteiger partial charge in [-0.15, -0.1) is 0 Å². The normalized spacial score (nSPS) is 11.3. The van der Waals surface area contributed by atoms with Crippen molar-refractivity contribution in [2.75, 3.05) is 26.2 Å². The quantitative estimate of drug-likeness (QED) is 0.140. The average molecular weight is 398 g/mol. The number of carbonyl (C=O) groups is 1. The maximum atomic E-state index is 12.0. The first-order valence-corrected chi connectivity index (χ1v) is 12.6. The lowest BCUT2D eigenvalue weighted by atomic mass is 10.1. The van der Waals surface area contributed by atoms with E-state index >= 15 is 0 Å². The van der Waals surface area contributed by atoms with Crippen LogP contribution < -0.4 is 0 Å². The number of hydrogen-bond acceptors (Lipinski definition) is 3. The van der Waals surface area contributed by atoms with E-state index in [0.717, 1.165) is 19.5 Å². The second-order valence-electron chi connectivity index (χ2n) is 8.45. The lowest BCUT2D eigenvalue weighted by molar-refractivity contribution is -0.145. The third-order valence-electron chi connectivity index (χ3n) is 5.48. The van der Waals surface area contributed by atoms with Crippen LogP contribution in [-0.2, 0) is 9.53 Å². The number of carbonyl (C=O) groups excluding carboxylic acids is 1. The molecule has 0 amide bonds. The standard InChI is InChI=1S/C25H51NO2/c1-4-7-9-11-13-15-17-19-21-26(24-25(27)28-23-6-3)22-20-18-16-14-12-10-8-5-2/h4-24H2,1-3H3. The molecule has 0 aliphatic rings. The van der Waals surface area contributed by atoms with Gasteiger partial charge in [-0.25, -0.2) is 0 Å². The minimum atomic E-state index is -0.0408. The summed E-state index contributed by atoms with van der Waals surface area (Å²) in [5.74, 6) is -0.0408. The Labute approximate surface area is 177 Å². The molecule has 0 N–H and O–H groups in total. The highest BCUT2D eigenvalue weighted by molar-refractivity contribution is 5.71. The SMILES string of the molecule is CCCCCCCCCCN(CCCCCCCCCC)CC(=O)OCCC. The van der Waals surface area contributed by atoms with Gasteiger partial charge in [0.1, 0.15) is 0 Å². The molecule has 0 saturated carbocycles. The van der Waals surface area contributed by atoms with E-state index in [2.05, 4.69) is 18.7 Å². The first kappa shape index (κ1) is 27.4. The smallest absolute Gasteiger partial charge is 0.320 e. The minimum Gasteiger partial charge on any atom is -0.465 e. The summed E-state index contributed by atoms with van der Waals surface area (Å²) in [6.07, 6.45) is 22.3. The fraction of sp³-hybridized carbons (Fsp3) is 0.960. The molecule has 0 heterocycles. The van der Waals surface area contributed by atoms with E-state index < -0.39 is 0 Å². The molecule has 0 spiro atoms. The van der Waals surface area contributed by atoms with Crippen molar-refractivity contribution in [3.05, 3.63) is 0 Å². The summed E-state index contributed by atoms with van der Waals surface area (Å²) < 4.78 is 5.31. The van der Waals surface area contributed by atoms with Gasteiger partial charge in [-0.3, -0.25) is 9.69 Å². The summed E-state index contributed by atoms with van der Waals surface area (Å²) in [6.45, 7) is 9.72. The average Bonchev–Trinajstić information content (AvgIpc) is 2.70. The van der Waals surface area contributed by atoms with E-state index in [0.29, 0.717) is 13.2 Å². The van der Waals surface area contributed by atoms with Crippen molar-refractivity contribution < 1.29 is 9.53 Å². The molecule has 0 unspecified atom stereocenters. The van der Waals surface area contributed by atoms with Crippen LogP contribution in [-0.4, -0.2) is 37.1 Å². The molecule has 0 fully saturated rings. The van der Waals surface area contributed by atoms with Gasteiger partial charge in [-0.1, -0.05) is 111 Å². The van der Waals surface area contributed by atoms with Crippen molar-refractivity contribution in [1.29, 1.82) is 0 Å². The third-order valence-corrected chi connectivity index (χ3v) is 5.48. The highest BCUT2D eigenvalue weighted by atomic mass is 16.5. The molecule has 3 heteroatoms. The van der Waals surface area contributed by atoms with Crippen LogP contribution in [0.4, 0.5) is 0 Å². The molecule has 28 heavy (non-hydrogen) atoms. The fourth-order valence-corrected chi connectivity index (χ4v) is 3.65. The molecule has 0 radical (unpaired) electrons. The van der Waals surface area contributed by atoms with Crippen molar-refractivity contribution in [1.82, 2.24) is 4.90 Å². The van der Waals surface area contributed by atoms with Crippen LogP contribution in [0.3, 0.4) is 0 Å². The molecule has 0 aromatic carbocycles. The van der Waals surface area contributed by atoms with Crippen molar-refractivity contribution in [2.45, 2.75) is 130 Å². The number of rotatable bonds is 22. The molecule has 0 aliphatic carbocycles. The van der Waals surface area contributed by atoms with E-state index in [4.69, 9.17) is 4.74 Å². The Morgan fingerprint density at radius 2 is 0.964 bits per heavy atom. The molecule has 0 aliphatic heterocycles. The summed E-state index contributed by atoms with van der Waals surface area (Å²) >= 11 is 0. The predicted molar refractivity (Wildman–Crippen MR) is 123 cm³/mol. The van der Waals surface area contributed by atoms with Crippen LogP contribution in [0.25, 0.3) is 0 Å². The van der Waals surface area contributed by atoms with Gasteiger partial charge < -0.3 is 4.74 Å². The van der Waals surface area contributed by atoms with E-state index in [1.54, 1.807) is 0 Å². The lowest BCUT2D eigenvalue weighted by Gasteiger charge is -2.21. The first-order chi connectivity index (χ1) is 13.7. The van der Waals surface area contributed by atoms with Gasteiger partial charge in [0.25, 0.3) is 0 Å². The Morgan fingerprint density at radius 3 is 1.36 bits per heavy atom. The summed E-state index contributed by atoms with van der Waals surface area (Å²) in [5, 5.41) is 0. The topological polar surface area (TPSA) is 29.5 Å². The van der Waals surface area contributed by atoms with Crippen molar-refractivity contribution in [3.8, 4) is 0 Å². The molecule has 0 saturated heterocycles. The molecular formula is C25H51NO2. The molecule has 0 aromatic heterocycles. The Hall–Kier alpha value is -0.570. The summed E-state index contributed by atoms with van der Waals surface area (Å²) in [5.41, 5.74) is 0. The van der Waals surface area contributed by atoms with E-state index in [1.165, 1.54) is 103 Å². The number of unbranched alkanes of at least 4 members (excludes halogenated alkanes) is 14. The third kappa shape index (κ3) is 20.2. The maximum absolute atomic E-state index is 12.0. The van der Waals surface area contributed by atoms with Gasteiger partial charge in [0, 0.05) is 0 Å². The molecule has 0 rings (SSSR count). The first-order valence-electron chi connectivity index (χ1n) is 12.6. The zero-order valence-corrected chi connectivity index (χ0v) is 19.6. The molecule has 168 valence electrons. The monoisotopic (exact) mass is 397 g/mol. The molecular weight excluding hydrogens is 346 g/mol. The van der Waals surface area contributed by atoms with Gasteiger partial charge in [0.2, 0.25) is 0 Å². The Balaban J connectivity index is 3.89. The van der Waals surface area contributed by atoms with Gasteiger partial charge in [-0.05, 0) is 32.4 Å². The van der Waals surface area contributed by atoms with E-state index in [1.807, 2.05) is 6.92 Å². The molecule has 0 aromatic rings. The zero-order chi connectivity index (χ0) is 20.7. The lowest BCUT2D eigenvalue weighted by Crippen LogP contribution is -2.33. The number of ether oxygens (including phenoxy) is 1. The van der Waals surface area contributed by atoms with Crippen molar-refractivity contribution in [2.24, 2.45) is 0 Å². The van der Waals surface area contributed by atoms with Crippen LogP contribution in [0.5, 0.6) is 0 Å². The van der Waals surface area contributed by atoms with Gasteiger partial charge in [0.05, 0.1) is 13.2 Å². The largest absolute Gasteiger partial charge is 0.465 e. The Morgan fingerprint density at radius 1 is 0.571 bits per heavy atom. The van der Waals surface area contributed by atoms with Gasteiger partial charge >= 0.3 is 5.97 Å². The van der Waals surface area contributed by atoms with Gasteiger partial charge in [0.15, 0.2) is 0 Å². The molecule has 0 bridgehead atoms. The number of nitrogens with zero attached hydrogens (tertiary/aromatic N) is 1.